The third kappa shape index (κ3) is 3.74. The van der Waals surface area contributed by atoms with Gasteiger partial charge in [-0.1, -0.05) is 12.1 Å². The maximum absolute atomic E-state index is 12.8. The van der Waals surface area contributed by atoms with E-state index < -0.39 is 47.9 Å². The van der Waals surface area contributed by atoms with Crippen molar-refractivity contribution >= 4 is 16.9 Å². The van der Waals surface area contributed by atoms with Gasteiger partial charge in [0.2, 0.25) is 11.7 Å². The predicted octanol–water partition coefficient (Wildman–Crippen LogP) is 0.142. The molecule has 1 aromatic heterocycles. The van der Waals surface area contributed by atoms with Crippen molar-refractivity contribution in [1.29, 1.82) is 0 Å². The van der Waals surface area contributed by atoms with Crippen molar-refractivity contribution in [2.45, 2.75) is 30.7 Å². The highest BCUT2D eigenvalue weighted by molar-refractivity contribution is 5.88. The Labute approximate surface area is 178 Å². The number of hydrogen-bond donors (Lipinski definition) is 6. The van der Waals surface area contributed by atoms with Gasteiger partial charge in [0.1, 0.15) is 52.8 Å². The summed E-state index contributed by atoms with van der Waals surface area (Å²) in [6.07, 6.45) is -7.56. The third-order valence-corrected chi connectivity index (χ3v) is 5.07. The first-order valence-corrected chi connectivity index (χ1v) is 9.34. The molecule has 0 spiro atoms. The largest absolute Gasteiger partial charge is 0.508 e. The van der Waals surface area contributed by atoms with Crippen molar-refractivity contribution < 1.29 is 49.3 Å². The molecule has 1 saturated heterocycles. The Kier molecular flexibility index (Phi) is 5.48. The first-order chi connectivity index (χ1) is 15.2. The molecule has 0 unspecified atom stereocenters. The molecule has 0 bridgehead atoms. The Morgan fingerprint density at radius 1 is 0.969 bits per heavy atom. The summed E-state index contributed by atoms with van der Waals surface area (Å²) in [7, 11) is 0. The minimum absolute atomic E-state index is 0.00775. The number of aliphatic carboxylic acids is 1. The average molecular weight is 446 g/mol. The molecule has 1 aliphatic rings. The summed E-state index contributed by atoms with van der Waals surface area (Å²) in [6, 6.07) is 7.96. The number of hydrogen-bond acceptors (Lipinski definition) is 10. The number of aromatic hydroxyl groups is 2. The van der Waals surface area contributed by atoms with E-state index in [1.807, 2.05) is 0 Å². The van der Waals surface area contributed by atoms with Crippen LogP contribution >= 0.6 is 0 Å². The summed E-state index contributed by atoms with van der Waals surface area (Å²) >= 11 is 0. The van der Waals surface area contributed by atoms with Gasteiger partial charge in [0.25, 0.3) is 0 Å². The third-order valence-electron chi connectivity index (χ3n) is 5.07. The Hall–Kier alpha value is -3.64. The van der Waals surface area contributed by atoms with Gasteiger partial charge in [-0.3, -0.25) is 4.79 Å². The maximum Gasteiger partial charge on any atom is 0.335 e. The Morgan fingerprint density at radius 3 is 2.31 bits per heavy atom. The van der Waals surface area contributed by atoms with Crippen molar-refractivity contribution in [2.75, 3.05) is 0 Å². The quantitative estimate of drug-likeness (QED) is 0.320. The van der Waals surface area contributed by atoms with E-state index in [1.54, 1.807) is 0 Å². The lowest BCUT2D eigenvalue weighted by molar-refractivity contribution is -0.271. The Morgan fingerprint density at radius 2 is 1.66 bits per heavy atom. The average Bonchev–Trinajstić information content (AvgIpc) is 2.74. The number of aliphatic hydroxyl groups excluding tert-OH is 3. The van der Waals surface area contributed by atoms with Crippen LogP contribution in [0.15, 0.2) is 51.9 Å². The molecule has 1 fully saturated rings. The van der Waals surface area contributed by atoms with Gasteiger partial charge in [-0.2, -0.15) is 0 Å². The van der Waals surface area contributed by atoms with Gasteiger partial charge in [0.05, 0.1) is 5.56 Å². The number of rotatable bonds is 4. The highest BCUT2D eigenvalue weighted by Crippen LogP contribution is 2.31. The molecule has 0 amide bonds. The van der Waals surface area contributed by atoms with Gasteiger partial charge in [-0.25, -0.2) is 4.79 Å². The molecule has 6 N–H and O–H groups in total. The minimum atomic E-state index is -1.84. The lowest BCUT2D eigenvalue weighted by Gasteiger charge is -2.38. The SMILES string of the molecule is O=C(O)[C@@H]1O[C@H](Oc2ccc(-c3coc4cc(O)cc(O)c4c3=O)cc2)[C@@H](O)[C@H](O)[C@H]1O. The van der Waals surface area contributed by atoms with Gasteiger partial charge < -0.3 is 44.5 Å². The summed E-state index contributed by atoms with van der Waals surface area (Å²) in [5, 5.41) is 58.1. The lowest BCUT2D eigenvalue weighted by atomic mass is 9.99. The number of phenolic OH excluding ortho intramolecular Hbond substituents is 2. The van der Waals surface area contributed by atoms with E-state index in [2.05, 4.69) is 0 Å². The fourth-order valence-electron chi connectivity index (χ4n) is 3.41. The summed E-state index contributed by atoms with van der Waals surface area (Å²) in [6.45, 7) is 0. The molecule has 0 aliphatic carbocycles. The van der Waals surface area contributed by atoms with Crippen LogP contribution in [0.4, 0.5) is 0 Å². The molecule has 5 atom stereocenters. The molecular weight excluding hydrogens is 428 g/mol. The van der Waals surface area contributed by atoms with Crippen molar-refractivity contribution in [3.63, 3.8) is 0 Å². The van der Waals surface area contributed by atoms with E-state index in [1.165, 1.54) is 36.6 Å². The van der Waals surface area contributed by atoms with E-state index in [9.17, 15) is 35.1 Å². The molecule has 3 aromatic rings. The topological polar surface area (TPSA) is 187 Å². The molecule has 1 aliphatic heterocycles. The minimum Gasteiger partial charge on any atom is -0.508 e. The van der Waals surface area contributed by atoms with Gasteiger partial charge in [-0.05, 0) is 17.7 Å². The maximum atomic E-state index is 12.8. The molecular formula is C21H18O11. The van der Waals surface area contributed by atoms with Crippen molar-refractivity contribution in [1.82, 2.24) is 0 Å². The Balaban J connectivity index is 1.59. The number of ether oxygens (including phenoxy) is 2. The van der Waals surface area contributed by atoms with Crippen LogP contribution in [-0.4, -0.2) is 67.3 Å². The lowest BCUT2D eigenvalue weighted by Crippen LogP contribution is -2.61. The van der Waals surface area contributed by atoms with Crippen molar-refractivity contribution in [2.24, 2.45) is 0 Å². The first kappa shape index (κ1) is 21.6. The van der Waals surface area contributed by atoms with E-state index in [0.717, 1.165) is 6.07 Å². The second-order valence-corrected chi connectivity index (χ2v) is 7.19. The van der Waals surface area contributed by atoms with Gasteiger partial charge in [0, 0.05) is 12.1 Å². The zero-order valence-electron chi connectivity index (χ0n) is 16.2. The summed E-state index contributed by atoms with van der Waals surface area (Å²) in [5.41, 5.74) is -0.0221. The molecule has 2 aromatic carbocycles. The number of carbonyl (C=O) groups is 1. The highest BCUT2D eigenvalue weighted by Gasteiger charge is 2.48. The number of carboxylic acid groups (broad SMARTS) is 1. The number of benzene rings is 2. The van der Waals surface area contributed by atoms with Crippen LogP contribution in [0.25, 0.3) is 22.1 Å². The molecule has 2 heterocycles. The summed E-state index contributed by atoms with van der Waals surface area (Å²) < 4.78 is 15.8. The second-order valence-electron chi connectivity index (χ2n) is 7.19. The van der Waals surface area contributed by atoms with Crippen LogP contribution in [-0.2, 0) is 9.53 Å². The van der Waals surface area contributed by atoms with Crippen LogP contribution in [0, 0.1) is 0 Å². The number of fused-ring (bicyclic) bond motifs is 1. The number of carboxylic acids is 1. The standard InChI is InChI=1S/C21H18O11/c22-9-5-12(23)14-13(6-9)30-7-11(15(14)24)8-1-3-10(4-2-8)31-21-18(27)16(25)17(26)19(32-21)20(28)29/h1-7,16-19,21-23,25-27H,(H,28,29)/t16-,17-,18+,19-,21+/m1/s1. The second kappa shape index (κ2) is 8.13. The van der Waals surface area contributed by atoms with E-state index >= 15 is 0 Å². The van der Waals surface area contributed by atoms with Gasteiger partial charge >= 0.3 is 5.97 Å². The Bertz CT molecular complexity index is 1220. The first-order valence-electron chi connectivity index (χ1n) is 9.34. The molecule has 4 rings (SSSR count). The normalized spacial score (nSPS) is 25.5. The van der Waals surface area contributed by atoms with Crippen LogP contribution < -0.4 is 10.2 Å². The number of aliphatic hydroxyl groups is 3. The van der Waals surface area contributed by atoms with Crippen LogP contribution in [0.5, 0.6) is 17.2 Å². The zero-order chi connectivity index (χ0) is 23.2. The molecule has 0 radical (unpaired) electrons. The molecule has 168 valence electrons. The monoisotopic (exact) mass is 446 g/mol. The molecule has 32 heavy (non-hydrogen) atoms. The van der Waals surface area contributed by atoms with Crippen molar-refractivity contribution in [3.8, 4) is 28.4 Å². The highest BCUT2D eigenvalue weighted by atomic mass is 16.7. The summed E-state index contributed by atoms with van der Waals surface area (Å²) in [4.78, 5) is 24.0. The fraction of sp³-hybridized carbons (Fsp3) is 0.238. The molecule has 11 nitrogen and oxygen atoms in total. The van der Waals surface area contributed by atoms with E-state index in [4.69, 9.17) is 19.0 Å². The van der Waals surface area contributed by atoms with Crippen LogP contribution in [0.2, 0.25) is 0 Å². The summed E-state index contributed by atoms with van der Waals surface area (Å²) in [5.74, 6) is -2.12. The van der Waals surface area contributed by atoms with Gasteiger partial charge in [0.15, 0.2) is 6.10 Å². The van der Waals surface area contributed by atoms with Gasteiger partial charge in [-0.15, -0.1) is 0 Å². The van der Waals surface area contributed by atoms with E-state index in [0.29, 0.717) is 5.56 Å². The van der Waals surface area contributed by atoms with Crippen molar-refractivity contribution in [3.05, 3.63) is 52.9 Å². The van der Waals surface area contributed by atoms with E-state index in [-0.39, 0.29) is 28.0 Å². The predicted molar refractivity (Wildman–Crippen MR) is 106 cm³/mol. The molecule has 11 heteroatoms. The zero-order valence-corrected chi connectivity index (χ0v) is 16.2. The van der Waals surface area contributed by atoms with Crippen LogP contribution in [0.1, 0.15) is 0 Å². The van der Waals surface area contributed by atoms with Crippen LogP contribution in [0.3, 0.4) is 0 Å². The molecule has 0 saturated carbocycles. The number of phenols is 2. The fourth-order valence-corrected chi connectivity index (χ4v) is 3.41. The smallest absolute Gasteiger partial charge is 0.335 e.